The maximum atomic E-state index is 12.4. The van der Waals surface area contributed by atoms with Gasteiger partial charge < -0.3 is 4.74 Å². The van der Waals surface area contributed by atoms with Crippen LogP contribution in [-0.2, 0) is 15.7 Å². The third kappa shape index (κ3) is 3.22. The zero-order chi connectivity index (χ0) is 14.0. The molecule has 3 nitrogen and oxygen atoms in total. The van der Waals surface area contributed by atoms with E-state index in [1.165, 1.54) is 31.0 Å². The van der Waals surface area contributed by atoms with E-state index < -0.39 is 17.8 Å². The van der Waals surface area contributed by atoms with Crippen molar-refractivity contribution in [1.82, 2.24) is 5.32 Å². The van der Waals surface area contributed by atoms with Gasteiger partial charge in [-0.05, 0) is 17.7 Å². The van der Waals surface area contributed by atoms with Crippen molar-refractivity contribution in [2.45, 2.75) is 17.6 Å². The second-order valence-corrected chi connectivity index (χ2v) is 5.21. The molecule has 1 aromatic rings. The Labute approximate surface area is 112 Å². The third-order valence-electron chi connectivity index (χ3n) is 2.81. The number of hydrogen-bond donors (Lipinski definition) is 1. The van der Waals surface area contributed by atoms with Crippen LogP contribution in [0.4, 0.5) is 13.2 Å². The lowest BCUT2D eigenvalue weighted by Crippen LogP contribution is -2.34. The first-order valence-corrected chi connectivity index (χ1v) is 6.59. The quantitative estimate of drug-likeness (QED) is 0.850. The minimum absolute atomic E-state index is 0.189. The highest BCUT2D eigenvalue weighted by Gasteiger charge is 2.33. The average molecular weight is 291 g/mol. The predicted octanol–water partition coefficient (Wildman–Crippen LogP) is 2.58. The molecule has 2 atom stereocenters. The van der Waals surface area contributed by atoms with Gasteiger partial charge in [0.05, 0.1) is 18.0 Å². The van der Waals surface area contributed by atoms with Crippen LogP contribution in [-0.4, -0.2) is 24.9 Å². The Morgan fingerprint density at radius 2 is 2.00 bits per heavy atom. The van der Waals surface area contributed by atoms with Crippen LogP contribution >= 0.6 is 11.8 Å². The highest BCUT2D eigenvalue weighted by atomic mass is 32.2. The molecular formula is C12H12F3NO2S. The second kappa shape index (κ2) is 5.42. The number of rotatable bonds is 2. The lowest BCUT2D eigenvalue weighted by molar-refractivity contribution is -0.142. The first-order valence-electron chi connectivity index (χ1n) is 5.54. The fourth-order valence-electron chi connectivity index (χ4n) is 1.79. The van der Waals surface area contributed by atoms with E-state index in [1.54, 1.807) is 0 Å². The Bertz CT molecular complexity index is 461. The Kier molecular flexibility index (Phi) is 4.05. The average Bonchev–Trinajstić information content (AvgIpc) is 2.86. The maximum absolute atomic E-state index is 12.4. The highest BCUT2D eigenvalue weighted by Crippen LogP contribution is 2.35. The van der Waals surface area contributed by atoms with Gasteiger partial charge in [0.2, 0.25) is 0 Å². The van der Waals surface area contributed by atoms with E-state index >= 15 is 0 Å². The summed E-state index contributed by atoms with van der Waals surface area (Å²) in [6.45, 7) is 0. The molecule has 1 aliphatic heterocycles. The predicted molar refractivity (Wildman–Crippen MR) is 65.6 cm³/mol. The number of ether oxygens (including phenoxy) is 1. The van der Waals surface area contributed by atoms with E-state index in [4.69, 9.17) is 0 Å². The van der Waals surface area contributed by atoms with Gasteiger partial charge in [-0.1, -0.05) is 12.1 Å². The summed E-state index contributed by atoms with van der Waals surface area (Å²) in [5.74, 6) is 0.181. The van der Waals surface area contributed by atoms with Crippen LogP contribution in [0.15, 0.2) is 24.3 Å². The first-order chi connectivity index (χ1) is 8.91. The van der Waals surface area contributed by atoms with Gasteiger partial charge in [0.25, 0.3) is 0 Å². The van der Waals surface area contributed by atoms with Crippen LogP contribution in [0.5, 0.6) is 0 Å². The number of alkyl halides is 3. The van der Waals surface area contributed by atoms with Crippen LogP contribution in [0.25, 0.3) is 0 Å². The lowest BCUT2D eigenvalue weighted by Gasteiger charge is -2.13. The zero-order valence-electron chi connectivity index (χ0n) is 10.0. The molecule has 19 heavy (non-hydrogen) atoms. The summed E-state index contributed by atoms with van der Waals surface area (Å²) in [5.41, 5.74) is 0.0353. The summed E-state index contributed by atoms with van der Waals surface area (Å²) < 4.78 is 41.9. The molecule has 2 rings (SSSR count). The molecule has 1 aliphatic rings. The number of carbonyl (C=O) groups excluding carboxylic acids is 1. The van der Waals surface area contributed by atoms with Crippen molar-refractivity contribution in [1.29, 1.82) is 0 Å². The zero-order valence-corrected chi connectivity index (χ0v) is 10.8. The van der Waals surface area contributed by atoms with E-state index in [1.807, 2.05) is 0 Å². The summed E-state index contributed by atoms with van der Waals surface area (Å²) in [6.07, 6.45) is -4.33. The molecule has 0 saturated carbocycles. The Morgan fingerprint density at radius 1 is 1.37 bits per heavy atom. The van der Waals surface area contributed by atoms with Gasteiger partial charge in [-0.25, -0.2) is 0 Å². The van der Waals surface area contributed by atoms with Crippen LogP contribution < -0.4 is 5.32 Å². The largest absolute Gasteiger partial charge is 0.468 e. The molecule has 0 amide bonds. The van der Waals surface area contributed by atoms with E-state index in [2.05, 4.69) is 10.1 Å². The van der Waals surface area contributed by atoms with Crippen molar-refractivity contribution in [3.8, 4) is 0 Å². The van der Waals surface area contributed by atoms with Gasteiger partial charge in [-0.3, -0.25) is 10.1 Å². The molecule has 1 heterocycles. The number of esters is 1. The number of methoxy groups -OCH3 is 1. The van der Waals surface area contributed by atoms with E-state index in [0.29, 0.717) is 11.3 Å². The molecule has 104 valence electrons. The number of benzene rings is 1. The molecule has 1 saturated heterocycles. The minimum Gasteiger partial charge on any atom is -0.468 e. The van der Waals surface area contributed by atoms with Crippen molar-refractivity contribution in [2.24, 2.45) is 0 Å². The van der Waals surface area contributed by atoms with Gasteiger partial charge in [0, 0.05) is 5.75 Å². The van der Waals surface area contributed by atoms with Gasteiger partial charge >= 0.3 is 12.1 Å². The second-order valence-electron chi connectivity index (χ2n) is 4.08. The summed E-state index contributed by atoms with van der Waals surface area (Å²) in [4.78, 5) is 11.3. The summed E-state index contributed by atoms with van der Waals surface area (Å²) in [5, 5.41) is 2.83. The number of nitrogens with one attached hydrogen (secondary N) is 1. The first kappa shape index (κ1) is 14.2. The Hall–Kier alpha value is -1.21. The minimum atomic E-state index is -4.33. The van der Waals surface area contributed by atoms with Crippen molar-refractivity contribution >= 4 is 17.7 Å². The Balaban J connectivity index is 2.06. The molecule has 1 fully saturated rings. The summed E-state index contributed by atoms with van der Waals surface area (Å²) in [6, 6.07) is 4.52. The van der Waals surface area contributed by atoms with Crippen LogP contribution in [0.3, 0.4) is 0 Å². The van der Waals surface area contributed by atoms with Crippen LogP contribution in [0, 0.1) is 0 Å². The van der Waals surface area contributed by atoms with Gasteiger partial charge in [-0.2, -0.15) is 13.2 Å². The smallest absolute Gasteiger partial charge is 0.416 e. The molecule has 0 bridgehead atoms. The molecule has 0 radical (unpaired) electrons. The van der Waals surface area contributed by atoms with E-state index in [0.717, 1.165) is 12.1 Å². The molecule has 0 unspecified atom stereocenters. The third-order valence-corrected chi connectivity index (χ3v) is 4.08. The summed E-state index contributed by atoms with van der Waals surface area (Å²) >= 11 is 1.47. The fourth-order valence-corrected chi connectivity index (χ4v) is 3.02. The maximum Gasteiger partial charge on any atom is 0.416 e. The molecule has 0 spiro atoms. The molecule has 1 N–H and O–H groups in total. The fraction of sp³-hybridized carbons (Fsp3) is 0.417. The van der Waals surface area contributed by atoms with Gasteiger partial charge in [0.15, 0.2) is 0 Å². The van der Waals surface area contributed by atoms with E-state index in [-0.39, 0.29) is 11.3 Å². The standard InChI is InChI=1S/C12H12F3NO2S/c1-18-11(17)9-6-19-10(16-9)7-2-4-8(5-3-7)12(13,14)15/h2-5,9-10,16H,6H2,1H3/t9-,10-/m1/s1. The van der Waals surface area contributed by atoms with Gasteiger partial charge in [-0.15, -0.1) is 11.8 Å². The lowest BCUT2D eigenvalue weighted by atomic mass is 10.1. The van der Waals surface area contributed by atoms with Crippen molar-refractivity contribution in [2.75, 3.05) is 12.9 Å². The van der Waals surface area contributed by atoms with Crippen molar-refractivity contribution in [3.05, 3.63) is 35.4 Å². The molecule has 0 aliphatic carbocycles. The molecule has 1 aromatic carbocycles. The SMILES string of the molecule is COC(=O)[C@H]1CS[C@H](c2ccc(C(F)(F)F)cc2)N1. The Morgan fingerprint density at radius 3 is 2.53 bits per heavy atom. The highest BCUT2D eigenvalue weighted by molar-refractivity contribution is 7.99. The normalized spacial score (nSPS) is 23.4. The van der Waals surface area contributed by atoms with Crippen LogP contribution in [0.2, 0.25) is 0 Å². The van der Waals surface area contributed by atoms with E-state index in [9.17, 15) is 18.0 Å². The van der Waals surface area contributed by atoms with Gasteiger partial charge in [0.1, 0.15) is 6.04 Å². The number of thioether (sulfide) groups is 1. The van der Waals surface area contributed by atoms with Crippen LogP contribution in [0.1, 0.15) is 16.5 Å². The molecule has 7 heteroatoms. The molecule has 0 aromatic heterocycles. The topological polar surface area (TPSA) is 38.3 Å². The number of halogens is 3. The van der Waals surface area contributed by atoms with Crippen molar-refractivity contribution in [3.63, 3.8) is 0 Å². The summed E-state index contributed by atoms with van der Waals surface area (Å²) in [7, 11) is 1.31. The molecular weight excluding hydrogens is 279 g/mol. The number of carbonyl (C=O) groups is 1. The monoisotopic (exact) mass is 291 g/mol. The van der Waals surface area contributed by atoms with Crippen molar-refractivity contribution < 1.29 is 22.7 Å². The number of hydrogen-bond acceptors (Lipinski definition) is 4.